The van der Waals surface area contributed by atoms with E-state index in [9.17, 15) is 9.59 Å². The van der Waals surface area contributed by atoms with Gasteiger partial charge in [-0.1, -0.05) is 26.0 Å². The fourth-order valence-electron chi connectivity index (χ4n) is 4.18. The van der Waals surface area contributed by atoms with E-state index in [1.54, 1.807) is 4.90 Å². The molecule has 4 heteroatoms. The van der Waals surface area contributed by atoms with Gasteiger partial charge in [0.1, 0.15) is 0 Å². The summed E-state index contributed by atoms with van der Waals surface area (Å²) in [5.74, 6) is 0.771. The first-order valence-electron chi connectivity index (χ1n) is 7.93. The number of allylic oxidation sites excluding steroid dienone is 2. The molecule has 20 heavy (non-hydrogen) atoms. The van der Waals surface area contributed by atoms with Crippen molar-refractivity contribution in [1.82, 2.24) is 9.80 Å². The van der Waals surface area contributed by atoms with Gasteiger partial charge in [0.15, 0.2) is 0 Å². The predicted molar refractivity (Wildman–Crippen MR) is 76.8 cm³/mol. The monoisotopic (exact) mass is 276 g/mol. The molecule has 1 saturated heterocycles. The van der Waals surface area contributed by atoms with E-state index < -0.39 is 0 Å². The van der Waals surface area contributed by atoms with E-state index in [-0.39, 0.29) is 23.7 Å². The molecule has 4 nitrogen and oxygen atoms in total. The van der Waals surface area contributed by atoms with E-state index in [4.69, 9.17) is 0 Å². The van der Waals surface area contributed by atoms with Crippen LogP contribution >= 0.6 is 0 Å². The fraction of sp³-hybridized carbons (Fsp3) is 0.750. The summed E-state index contributed by atoms with van der Waals surface area (Å²) < 4.78 is 0. The van der Waals surface area contributed by atoms with Crippen LogP contribution in [0.1, 0.15) is 26.7 Å². The summed E-state index contributed by atoms with van der Waals surface area (Å²) in [6.07, 6.45) is 6.20. The SMILES string of the molecule is CCN(CC)CCCN1C(=O)[C@@H]2[C@@H](C1=O)[C@H]1C=C[C@H]2C1. The molecular formula is C16H24N2O2. The first-order chi connectivity index (χ1) is 9.67. The van der Waals surface area contributed by atoms with Crippen molar-refractivity contribution in [2.75, 3.05) is 26.2 Å². The second kappa shape index (κ2) is 5.32. The minimum absolute atomic E-state index is 0.0362. The third-order valence-corrected chi connectivity index (χ3v) is 5.31. The quantitative estimate of drug-likeness (QED) is 0.545. The molecule has 1 heterocycles. The number of likely N-dealkylation sites (tertiary alicyclic amines) is 1. The first kappa shape index (κ1) is 13.8. The molecule has 0 aromatic heterocycles. The molecule has 4 atom stereocenters. The molecule has 2 bridgehead atoms. The lowest BCUT2D eigenvalue weighted by atomic mass is 9.85. The maximum absolute atomic E-state index is 12.5. The molecule has 2 aliphatic carbocycles. The summed E-state index contributed by atoms with van der Waals surface area (Å²) in [4.78, 5) is 28.8. The van der Waals surface area contributed by atoms with Crippen LogP contribution in [0.5, 0.6) is 0 Å². The van der Waals surface area contributed by atoms with E-state index in [0.29, 0.717) is 18.4 Å². The van der Waals surface area contributed by atoms with Crippen LogP contribution in [0.15, 0.2) is 12.2 Å². The third kappa shape index (κ3) is 2.01. The largest absolute Gasteiger partial charge is 0.304 e. The average molecular weight is 276 g/mol. The van der Waals surface area contributed by atoms with Crippen molar-refractivity contribution in [2.24, 2.45) is 23.7 Å². The highest BCUT2D eigenvalue weighted by atomic mass is 16.2. The maximum atomic E-state index is 12.5. The lowest BCUT2D eigenvalue weighted by Crippen LogP contribution is -2.35. The van der Waals surface area contributed by atoms with E-state index in [2.05, 4.69) is 30.9 Å². The summed E-state index contributed by atoms with van der Waals surface area (Å²) in [5.41, 5.74) is 0. The van der Waals surface area contributed by atoms with Crippen molar-refractivity contribution in [3.63, 3.8) is 0 Å². The zero-order valence-electron chi connectivity index (χ0n) is 12.4. The average Bonchev–Trinajstić information content (AvgIpc) is 3.12. The Bertz CT molecular complexity index is 412. The van der Waals surface area contributed by atoms with Crippen molar-refractivity contribution < 1.29 is 9.59 Å². The highest BCUT2D eigenvalue weighted by molar-refractivity contribution is 6.06. The topological polar surface area (TPSA) is 40.6 Å². The molecule has 0 N–H and O–H groups in total. The summed E-state index contributed by atoms with van der Waals surface area (Å²) in [6.45, 7) is 7.90. The van der Waals surface area contributed by atoms with Gasteiger partial charge in [-0.2, -0.15) is 0 Å². The van der Waals surface area contributed by atoms with Crippen LogP contribution in [0.2, 0.25) is 0 Å². The molecule has 3 aliphatic rings. The number of rotatable bonds is 6. The summed E-state index contributed by atoms with van der Waals surface area (Å²) in [7, 11) is 0. The normalized spacial score (nSPS) is 34.6. The molecule has 110 valence electrons. The first-order valence-corrected chi connectivity index (χ1v) is 7.93. The number of hydrogen-bond acceptors (Lipinski definition) is 3. The number of hydrogen-bond donors (Lipinski definition) is 0. The van der Waals surface area contributed by atoms with E-state index in [1.807, 2.05) is 0 Å². The van der Waals surface area contributed by atoms with Crippen molar-refractivity contribution in [3.8, 4) is 0 Å². The van der Waals surface area contributed by atoms with Crippen LogP contribution in [-0.4, -0.2) is 47.8 Å². The fourth-order valence-corrected chi connectivity index (χ4v) is 4.18. The standard InChI is InChI=1S/C16H24N2O2/c1-3-17(4-2)8-5-9-18-15(19)13-11-6-7-12(10-11)14(13)16(18)20/h6-7,11-14H,3-5,8-10H2,1-2H3/t11-,12-,13-,14-/m0/s1. The zero-order valence-corrected chi connectivity index (χ0v) is 12.4. The number of amides is 2. The third-order valence-electron chi connectivity index (χ3n) is 5.31. The minimum Gasteiger partial charge on any atom is -0.304 e. The van der Waals surface area contributed by atoms with Crippen LogP contribution in [0.3, 0.4) is 0 Å². The van der Waals surface area contributed by atoms with Gasteiger partial charge in [-0.05, 0) is 44.3 Å². The molecule has 2 fully saturated rings. The van der Waals surface area contributed by atoms with Gasteiger partial charge in [-0.15, -0.1) is 0 Å². The molecule has 1 aliphatic heterocycles. The van der Waals surface area contributed by atoms with Crippen LogP contribution < -0.4 is 0 Å². The Morgan fingerprint density at radius 2 is 1.65 bits per heavy atom. The van der Waals surface area contributed by atoms with Crippen molar-refractivity contribution in [2.45, 2.75) is 26.7 Å². The van der Waals surface area contributed by atoms with E-state index >= 15 is 0 Å². The van der Waals surface area contributed by atoms with Crippen LogP contribution in [0.25, 0.3) is 0 Å². The molecular weight excluding hydrogens is 252 g/mol. The van der Waals surface area contributed by atoms with Crippen molar-refractivity contribution in [3.05, 3.63) is 12.2 Å². The minimum atomic E-state index is -0.0362. The zero-order chi connectivity index (χ0) is 14.3. The smallest absolute Gasteiger partial charge is 0.233 e. The van der Waals surface area contributed by atoms with Gasteiger partial charge < -0.3 is 4.90 Å². The Morgan fingerprint density at radius 3 is 2.15 bits per heavy atom. The van der Waals surface area contributed by atoms with Crippen LogP contribution in [0.4, 0.5) is 0 Å². The second-order valence-corrected chi connectivity index (χ2v) is 6.21. The van der Waals surface area contributed by atoms with Crippen LogP contribution in [-0.2, 0) is 9.59 Å². The molecule has 0 aromatic rings. The molecule has 0 aromatic carbocycles. The van der Waals surface area contributed by atoms with Gasteiger partial charge >= 0.3 is 0 Å². The highest BCUT2D eigenvalue weighted by Gasteiger charge is 2.58. The van der Waals surface area contributed by atoms with Crippen molar-refractivity contribution >= 4 is 11.8 Å². The van der Waals surface area contributed by atoms with Gasteiger partial charge in [-0.25, -0.2) is 0 Å². The lowest BCUT2D eigenvalue weighted by molar-refractivity contribution is -0.140. The number of carbonyl (C=O) groups excluding carboxylic acids is 2. The lowest BCUT2D eigenvalue weighted by Gasteiger charge is -2.21. The number of imide groups is 1. The number of carbonyl (C=O) groups is 2. The summed E-state index contributed by atoms with van der Waals surface area (Å²) >= 11 is 0. The van der Waals surface area contributed by atoms with E-state index in [1.165, 1.54) is 0 Å². The second-order valence-electron chi connectivity index (χ2n) is 6.21. The Kier molecular flexibility index (Phi) is 3.67. The maximum Gasteiger partial charge on any atom is 0.233 e. The highest BCUT2D eigenvalue weighted by Crippen LogP contribution is 2.52. The molecule has 1 saturated carbocycles. The molecule has 0 radical (unpaired) electrons. The summed E-state index contributed by atoms with van der Waals surface area (Å²) in [6, 6.07) is 0. The molecule has 0 spiro atoms. The number of nitrogens with zero attached hydrogens (tertiary/aromatic N) is 2. The Labute approximate surface area is 120 Å². The predicted octanol–water partition coefficient (Wildman–Crippen LogP) is 1.53. The molecule has 0 unspecified atom stereocenters. The van der Waals surface area contributed by atoms with Gasteiger partial charge in [0.05, 0.1) is 11.8 Å². The number of fused-ring (bicyclic) bond motifs is 5. The van der Waals surface area contributed by atoms with E-state index in [0.717, 1.165) is 32.5 Å². The Hall–Kier alpha value is -1.16. The van der Waals surface area contributed by atoms with Crippen LogP contribution in [0, 0.1) is 23.7 Å². The summed E-state index contributed by atoms with van der Waals surface area (Å²) in [5, 5.41) is 0. The van der Waals surface area contributed by atoms with Gasteiger partial charge in [-0.3, -0.25) is 14.5 Å². The van der Waals surface area contributed by atoms with Gasteiger partial charge in [0.25, 0.3) is 0 Å². The van der Waals surface area contributed by atoms with Gasteiger partial charge in [0, 0.05) is 6.54 Å². The Morgan fingerprint density at radius 1 is 1.10 bits per heavy atom. The van der Waals surface area contributed by atoms with Gasteiger partial charge in [0.2, 0.25) is 11.8 Å². The molecule has 3 rings (SSSR count). The molecule has 2 amide bonds. The van der Waals surface area contributed by atoms with Crippen molar-refractivity contribution in [1.29, 1.82) is 0 Å². The Balaban J connectivity index is 1.59.